The number of hydrogen-bond donors (Lipinski definition) is 2. The van der Waals surface area contributed by atoms with Crippen molar-refractivity contribution >= 4 is 17.0 Å². The maximum atomic E-state index is 9.35. The Labute approximate surface area is 121 Å². The molecule has 102 valence electrons. The molecule has 5 heteroatoms. The fraction of sp³-hybridized carbons (Fsp3) is 0.333. The summed E-state index contributed by atoms with van der Waals surface area (Å²) in [5.41, 5.74) is 5.39. The molecule has 4 nitrogen and oxygen atoms in total. The van der Waals surface area contributed by atoms with Crippen LogP contribution >= 0.6 is 11.3 Å². The summed E-state index contributed by atoms with van der Waals surface area (Å²) in [4.78, 5) is 5.39. The SMILES string of the molecule is Cc1ncsc1-c1ccc(C#N)c(NC2CC(O)C2)c1. The van der Waals surface area contributed by atoms with Gasteiger partial charge < -0.3 is 10.4 Å². The highest BCUT2D eigenvalue weighted by Gasteiger charge is 2.27. The number of anilines is 1. The van der Waals surface area contributed by atoms with Crippen molar-refractivity contribution in [1.29, 1.82) is 5.26 Å². The lowest BCUT2D eigenvalue weighted by molar-refractivity contribution is 0.0836. The molecule has 0 aliphatic heterocycles. The van der Waals surface area contributed by atoms with Gasteiger partial charge in [-0.2, -0.15) is 5.26 Å². The summed E-state index contributed by atoms with van der Waals surface area (Å²) in [6.45, 7) is 1.99. The molecule has 1 aliphatic carbocycles. The fourth-order valence-electron chi connectivity index (χ4n) is 2.41. The summed E-state index contributed by atoms with van der Waals surface area (Å²) < 4.78 is 0. The van der Waals surface area contributed by atoms with E-state index in [1.54, 1.807) is 11.3 Å². The van der Waals surface area contributed by atoms with Crippen LogP contribution in [0.2, 0.25) is 0 Å². The third-order valence-electron chi connectivity index (χ3n) is 3.62. The summed E-state index contributed by atoms with van der Waals surface area (Å²) >= 11 is 1.60. The van der Waals surface area contributed by atoms with E-state index in [2.05, 4.69) is 16.4 Å². The van der Waals surface area contributed by atoms with Crippen LogP contribution in [0.25, 0.3) is 10.4 Å². The zero-order valence-electron chi connectivity index (χ0n) is 11.1. The monoisotopic (exact) mass is 285 g/mol. The Balaban J connectivity index is 1.91. The van der Waals surface area contributed by atoms with Gasteiger partial charge >= 0.3 is 0 Å². The van der Waals surface area contributed by atoms with E-state index in [0.717, 1.165) is 34.7 Å². The van der Waals surface area contributed by atoms with Gasteiger partial charge in [0.1, 0.15) is 6.07 Å². The minimum atomic E-state index is -0.204. The van der Waals surface area contributed by atoms with Gasteiger partial charge in [-0.15, -0.1) is 11.3 Å². The van der Waals surface area contributed by atoms with E-state index >= 15 is 0 Å². The molecule has 0 bridgehead atoms. The molecule has 1 aromatic carbocycles. The van der Waals surface area contributed by atoms with Gasteiger partial charge in [0, 0.05) is 6.04 Å². The summed E-state index contributed by atoms with van der Waals surface area (Å²) in [7, 11) is 0. The number of aromatic nitrogens is 1. The molecule has 1 saturated carbocycles. The normalized spacial score (nSPS) is 21.1. The largest absolute Gasteiger partial charge is 0.393 e. The molecule has 20 heavy (non-hydrogen) atoms. The van der Waals surface area contributed by atoms with E-state index in [0.29, 0.717) is 5.56 Å². The van der Waals surface area contributed by atoms with E-state index < -0.39 is 0 Å². The van der Waals surface area contributed by atoms with Crippen LogP contribution < -0.4 is 5.32 Å². The Morgan fingerprint density at radius 3 is 2.85 bits per heavy atom. The Morgan fingerprint density at radius 1 is 1.45 bits per heavy atom. The van der Waals surface area contributed by atoms with Crippen LogP contribution in [0, 0.1) is 18.3 Å². The molecule has 1 fully saturated rings. The van der Waals surface area contributed by atoms with Gasteiger partial charge in [-0.3, -0.25) is 0 Å². The van der Waals surface area contributed by atoms with Crippen LogP contribution in [-0.2, 0) is 0 Å². The fourth-order valence-corrected chi connectivity index (χ4v) is 3.21. The number of aliphatic hydroxyl groups excluding tert-OH is 1. The first-order chi connectivity index (χ1) is 9.67. The number of aryl methyl sites for hydroxylation is 1. The molecule has 2 aromatic rings. The first-order valence-electron chi connectivity index (χ1n) is 6.56. The van der Waals surface area contributed by atoms with E-state index in [1.165, 1.54) is 0 Å². The predicted octanol–water partition coefficient (Wildman–Crippen LogP) is 2.93. The number of nitrogens with one attached hydrogen (secondary N) is 1. The highest BCUT2D eigenvalue weighted by molar-refractivity contribution is 7.13. The van der Waals surface area contributed by atoms with Gasteiger partial charge in [0.15, 0.2) is 0 Å². The van der Waals surface area contributed by atoms with E-state index in [1.807, 2.05) is 30.6 Å². The number of aliphatic hydroxyl groups is 1. The number of hydrogen-bond acceptors (Lipinski definition) is 5. The summed E-state index contributed by atoms with van der Waals surface area (Å²) in [5.74, 6) is 0. The lowest BCUT2D eigenvalue weighted by Crippen LogP contribution is -2.39. The average molecular weight is 285 g/mol. The van der Waals surface area contributed by atoms with Crippen LogP contribution in [0.15, 0.2) is 23.7 Å². The lowest BCUT2D eigenvalue weighted by atomic mass is 9.89. The van der Waals surface area contributed by atoms with Crippen molar-refractivity contribution in [2.24, 2.45) is 0 Å². The molecule has 0 unspecified atom stereocenters. The van der Waals surface area contributed by atoms with E-state index in [-0.39, 0.29) is 12.1 Å². The van der Waals surface area contributed by atoms with Crippen molar-refractivity contribution in [3.05, 3.63) is 35.0 Å². The molecule has 0 saturated heterocycles. The van der Waals surface area contributed by atoms with E-state index in [4.69, 9.17) is 0 Å². The second kappa shape index (κ2) is 5.23. The van der Waals surface area contributed by atoms with Gasteiger partial charge in [-0.25, -0.2) is 4.98 Å². The van der Waals surface area contributed by atoms with Crippen molar-refractivity contribution in [1.82, 2.24) is 4.98 Å². The minimum Gasteiger partial charge on any atom is -0.393 e. The molecule has 1 aliphatic rings. The second-order valence-corrected chi connectivity index (χ2v) is 5.96. The van der Waals surface area contributed by atoms with Gasteiger partial charge in [0.2, 0.25) is 0 Å². The zero-order chi connectivity index (χ0) is 14.1. The molecular weight excluding hydrogens is 270 g/mol. The molecule has 2 N–H and O–H groups in total. The second-order valence-electron chi connectivity index (χ2n) is 5.11. The molecular formula is C15H15N3OS. The molecule has 0 amide bonds. The molecule has 3 rings (SSSR count). The molecule has 1 heterocycles. The van der Waals surface area contributed by atoms with Crippen LogP contribution in [0.4, 0.5) is 5.69 Å². The van der Waals surface area contributed by atoms with Crippen molar-refractivity contribution in [3.8, 4) is 16.5 Å². The Morgan fingerprint density at radius 2 is 2.25 bits per heavy atom. The smallest absolute Gasteiger partial charge is 0.101 e. The highest BCUT2D eigenvalue weighted by atomic mass is 32.1. The van der Waals surface area contributed by atoms with Crippen LogP contribution in [0.1, 0.15) is 24.1 Å². The topological polar surface area (TPSA) is 68.9 Å². The first kappa shape index (κ1) is 13.1. The Kier molecular flexibility index (Phi) is 3.43. The van der Waals surface area contributed by atoms with Gasteiger partial charge in [0.25, 0.3) is 0 Å². The molecule has 0 radical (unpaired) electrons. The van der Waals surface area contributed by atoms with Crippen molar-refractivity contribution in [3.63, 3.8) is 0 Å². The maximum Gasteiger partial charge on any atom is 0.101 e. The highest BCUT2D eigenvalue weighted by Crippen LogP contribution is 2.32. The maximum absolute atomic E-state index is 9.35. The summed E-state index contributed by atoms with van der Waals surface area (Å²) in [6, 6.07) is 8.27. The minimum absolute atomic E-state index is 0.204. The van der Waals surface area contributed by atoms with Crippen molar-refractivity contribution in [2.75, 3.05) is 5.32 Å². The Bertz CT molecular complexity index is 668. The molecule has 0 spiro atoms. The number of thiazole rings is 1. The van der Waals surface area contributed by atoms with E-state index in [9.17, 15) is 10.4 Å². The third kappa shape index (κ3) is 2.40. The number of benzene rings is 1. The lowest BCUT2D eigenvalue weighted by Gasteiger charge is -2.33. The molecule has 1 aromatic heterocycles. The predicted molar refractivity (Wildman–Crippen MR) is 79.7 cm³/mol. The van der Waals surface area contributed by atoms with Gasteiger partial charge in [-0.05, 0) is 37.5 Å². The standard InChI is InChI=1S/C15H15N3OS/c1-9-15(20-8-17-9)10-2-3-11(7-16)14(4-10)18-12-5-13(19)6-12/h2-4,8,12-13,18-19H,5-6H2,1H3. The van der Waals surface area contributed by atoms with Crippen LogP contribution in [0.3, 0.4) is 0 Å². The van der Waals surface area contributed by atoms with Crippen LogP contribution in [0.5, 0.6) is 0 Å². The summed E-state index contributed by atoms with van der Waals surface area (Å²) in [6.07, 6.45) is 1.29. The van der Waals surface area contributed by atoms with Gasteiger partial charge in [-0.1, -0.05) is 6.07 Å². The third-order valence-corrected chi connectivity index (χ3v) is 4.60. The summed E-state index contributed by atoms with van der Waals surface area (Å²) in [5, 5.41) is 21.9. The van der Waals surface area contributed by atoms with Crippen molar-refractivity contribution in [2.45, 2.75) is 31.9 Å². The number of rotatable bonds is 3. The Hall–Kier alpha value is -1.90. The van der Waals surface area contributed by atoms with Crippen LogP contribution in [-0.4, -0.2) is 22.2 Å². The zero-order valence-corrected chi connectivity index (χ0v) is 11.9. The average Bonchev–Trinajstić information content (AvgIpc) is 2.83. The quantitative estimate of drug-likeness (QED) is 0.909. The number of nitriles is 1. The first-order valence-corrected chi connectivity index (χ1v) is 7.44. The number of nitrogens with zero attached hydrogens (tertiary/aromatic N) is 2. The molecule has 0 atom stereocenters. The van der Waals surface area contributed by atoms with Gasteiger partial charge in [0.05, 0.1) is 33.4 Å². The van der Waals surface area contributed by atoms with Crippen molar-refractivity contribution < 1.29 is 5.11 Å².